The fourth-order valence-corrected chi connectivity index (χ4v) is 4.37. The van der Waals surface area contributed by atoms with E-state index in [1.807, 2.05) is 20.8 Å². The van der Waals surface area contributed by atoms with Gasteiger partial charge in [0.15, 0.2) is 5.54 Å². The zero-order chi connectivity index (χ0) is 22.1. The molecule has 1 saturated carbocycles. The summed E-state index contributed by atoms with van der Waals surface area (Å²) in [5.74, 6) is 0.929. The Morgan fingerprint density at radius 3 is 2.60 bits per heavy atom. The van der Waals surface area contributed by atoms with Gasteiger partial charge in [-0.3, -0.25) is 9.69 Å². The van der Waals surface area contributed by atoms with Crippen LogP contribution in [0.4, 0.5) is 5.69 Å². The third-order valence-electron chi connectivity index (χ3n) is 6.09. The highest BCUT2D eigenvalue weighted by atomic mass is 35.5. The maximum atomic E-state index is 12.8. The minimum atomic E-state index is -1.51. The number of terminal acetylenes is 1. The highest BCUT2D eigenvalue weighted by molar-refractivity contribution is 6.32. The van der Waals surface area contributed by atoms with Gasteiger partial charge >= 0.3 is 11.9 Å². The molecule has 1 N–H and O–H groups in total. The lowest BCUT2D eigenvalue weighted by molar-refractivity contribution is -0.152. The minimum absolute atomic E-state index is 0.0930. The van der Waals surface area contributed by atoms with Gasteiger partial charge in [0.05, 0.1) is 17.2 Å². The van der Waals surface area contributed by atoms with Gasteiger partial charge in [0.1, 0.15) is 5.75 Å². The van der Waals surface area contributed by atoms with Crippen LogP contribution in [-0.4, -0.2) is 41.3 Å². The second-order valence-corrected chi connectivity index (χ2v) is 8.88. The number of nitrogens with zero attached hydrogens (tertiary/aromatic N) is 1. The van der Waals surface area contributed by atoms with E-state index in [1.165, 1.54) is 4.90 Å². The molecule has 0 spiro atoms. The van der Waals surface area contributed by atoms with Gasteiger partial charge in [0, 0.05) is 25.1 Å². The van der Waals surface area contributed by atoms with Crippen LogP contribution < -0.4 is 9.64 Å². The Kier molecular flexibility index (Phi) is 6.64. The Morgan fingerprint density at radius 1 is 1.40 bits per heavy atom. The molecule has 2 unspecified atom stereocenters. The first-order valence-electron chi connectivity index (χ1n) is 10.3. The van der Waals surface area contributed by atoms with Crippen LogP contribution in [0.25, 0.3) is 0 Å². The van der Waals surface area contributed by atoms with Crippen molar-refractivity contribution in [2.45, 2.75) is 70.6 Å². The number of anilines is 1. The molecule has 162 valence electrons. The maximum Gasteiger partial charge on any atom is 0.330 e. The average molecular weight is 434 g/mol. The predicted octanol–water partition coefficient (Wildman–Crippen LogP) is 4.20. The van der Waals surface area contributed by atoms with E-state index in [4.69, 9.17) is 27.5 Å². The predicted molar refractivity (Wildman–Crippen MR) is 115 cm³/mol. The summed E-state index contributed by atoms with van der Waals surface area (Å²) >= 11 is 6.51. The van der Waals surface area contributed by atoms with Crippen molar-refractivity contribution < 1.29 is 24.2 Å². The molecule has 30 heavy (non-hydrogen) atoms. The SMILES string of the molecule is C#CC(=O)N(c1cc(C)c(OC2CCC2)c(Cl)c1)C1(C(=O)O)CCOC(C(C)C)C1. The van der Waals surface area contributed by atoms with Crippen LogP contribution in [-0.2, 0) is 14.3 Å². The zero-order valence-corrected chi connectivity index (χ0v) is 18.4. The van der Waals surface area contributed by atoms with Crippen molar-refractivity contribution in [3.05, 3.63) is 22.7 Å². The van der Waals surface area contributed by atoms with Gasteiger partial charge in [-0.2, -0.15) is 0 Å². The van der Waals surface area contributed by atoms with Crippen LogP contribution in [0.15, 0.2) is 12.1 Å². The average Bonchev–Trinajstić information content (AvgIpc) is 2.66. The number of hydrogen-bond acceptors (Lipinski definition) is 4. The van der Waals surface area contributed by atoms with Crippen molar-refractivity contribution in [1.29, 1.82) is 0 Å². The molecule has 7 heteroatoms. The Morgan fingerprint density at radius 2 is 2.10 bits per heavy atom. The Balaban J connectivity index is 2.06. The van der Waals surface area contributed by atoms with Gasteiger partial charge in [0.25, 0.3) is 0 Å². The molecule has 1 aromatic rings. The van der Waals surface area contributed by atoms with Gasteiger partial charge in [-0.05, 0) is 55.7 Å². The molecule has 1 heterocycles. The molecule has 1 aromatic carbocycles. The van der Waals surface area contributed by atoms with Crippen LogP contribution in [0.1, 0.15) is 51.5 Å². The molecule has 1 saturated heterocycles. The van der Waals surface area contributed by atoms with Crippen LogP contribution in [0, 0.1) is 25.2 Å². The van der Waals surface area contributed by atoms with E-state index in [2.05, 4.69) is 5.92 Å². The standard InChI is InChI=1S/C23H28ClNO5/c1-5-20(26)25(23(22(27)28)9-10-29-19(13-23)14(2)3)16-11-15(4)21(18(24)12-16)30-17-7-6-8-17/h1,11-12,14,17,19H,6-10,13H2,2-4H3,(H,27,28). The number of benzene rings is 1. The summed E-state index contributed by atoms with van der Waals surface area (Å²) in [7, 11) is 0. The highest BCUT2D eigenvalue weighted by Gasteiger charge is 2.51. The van der Waals surface area contributed by atoms with Crippen LogP contribution in [0.5, 0.6) is 5.75 Å². The van der Waals surface area contributed by atoms with Gasteiger partial charge in [-0.1, -0.05) is 25.4 Å². The number of carboxylic acids is 1. The van der Waals surface area contributed by atoms with E-state index in [1.54, 1.807) is 12.1 Å². The fraction of sp³-hybridized carbons (Fsp3) is 0.565. The Hall–Kier alpha value is -2.23. The molecule has 0 bridgehead atoms. The number of carbonyl (C=O) groups excluding carboxylic acids is 1. The number of hydrogen-bond donors (Lipinski definition) is 1. The number of ether oxygens (including phenoxy) is 2. The van der Waals surface area contributed by atoms with E-state index in [-0.39, 0.29) is 37.6 Å². The molecule has 2 fully saturated rings. The molecule has 6 nitrogen and oxygen atoms in total. The molecule has 1 aliphatic heterocycles. The minimum Gasteiger partial charge on any atom is -0.489 e. The summed E-state index contributed by atoms with van der Waals surface area (Å²) in [6.07, 6.45) is 8.66. The second kappa shape index (κ2) is 8.87. The topological polar surface area (TPSA) is 76.1 Å². The van der Waals surface area contributed by atoms with Gasteiger partial charge in [0.2, 0.25) is 0 Å². The van der Waals surface area contributed by atoms with Gasteiger partial charge in [-0.15, -0.1) is 6.42 Å². The Labute approximate surface area is 182 Å². The summed E-state index contributed by atoms with van der Waals surface area (Å²) in [4.78, 5) is 26.6. The smallest absolute Gasteiger partial charge is 0.330 e. The van der Waals surface area contributed by atoms with Gasteiger partial charge in [-0.25, -0.2) is 4.79 Å². The van der Waals surface area contributed by atoms with Crippen molar-refractivity contribution in [2.75, 3.05) is 11.5 Å². The lowest BCUT2D eigenvalue weighted by atomic mass is 9.81. The Bertz CT molecular complexity index is 850. The summed E-state index contributed by atoms with van der Waals surface area (Å²) in [5.41, 5.74) is -0.427. The van der Waals surface area contributed by atoms with Crippen LogP contribution in [0.2, 0.25) is 5.02 Å². The van der Waals surface area contributed by atoms with Crippen LogP contribution >= 0.6 is 11.6 Å². The van der Waals surface area contributed by atoms with Crippen molar-refractivity contribution in [1.82, 2.24) is 0 Å². The summed E-state index contributed by atoms with van der Waals surface area (Å²) in [6.45, 7) is 5.97. The number of halogens is 1. The number of rotatable bonds is 6. The molecule has 0 aromatic heterocycles. The van der Waals surface area contributed by atoms with Crippen molar-refractivity contribution in [3.8, 4) is 18.1 Å². The third kappa shape index (κ3) is 4.14. The lowest BCUT2D eigenvalue weighted by Crippen LogP contribution is -2.62. The van der Waals surface area contributed by atoms with Crippen molar-refractivity contribution in [2.24, 2.45) is 5.92 Å². The maximum absolute atomic E-state index is 12.8. The molecular weight excluding hydrogens is 406 g/mol. The monoisotopic (exact) mass is 433 g/mol. The van der Waals surface area contributed by atoms with Crippen molar-refractivity contribution >= 4 is 29.2 Å². The first kappa shape index (κ1) is 22.5. The first-order valence-corrected chi connectivity index (χ1v) is 10.7. The largest absolute Gasteiger partial charge is 0.489 e. The summed E-state index contributed by atoms with van der Waals surface area (Å²) in [6, 6.07) is 3.29. The number of aryl methyl sites for hydroxylation is 1. The van der Waals surface area contributed by atoms with E-state index in [9.17, 15) is 14.7 Å². The fourth-order valence-electron chi connectivity index (χ4n) is 4.06. The first-order chi connectivity index (χ1) is 14.2. The van der Waals surface area contributed by atoms with E-state index in [0.29, 0.717) is 16.5 Å². The van der Waals surface area contributed by atoms with Gasteiger partial charge < -0.3 is 14.6 Å². The van der Waals surface area contributed by atoms with Crippen LogP contribution in [0.3, 0.4) is 0 Å². The number of aliphatic carboxylic acids is 1. The quantitative estimate of drug-likeness (QED) is 0.680. The van der Waals surface area contributed by atoms with E-state index < -0.39 is 17.4 Å². The third-order valence-corrected chi connectivity index (χ3v) is 6.37. The summed E-state index contributed by atoms with van der Waals surface area (Å²) in [5, 5.41) is 10.6. The molecule has 1 aliphatic carbocycles. The van der Waals surface area contributed by atoms with E-state index >= 15 is 0 Å². The second-order valence-electron chi connectivity index (χ2n) is 8.47. The molecule has 0 radical (unpaired) electrons. The van der Waals surface area contributed by atoms with E-state index in [0.717, 1.165) is 24.8 Å². The summed E-state index contributed by atoms with van der Waals surface area (Å²) < 4.78 is 11.8. The molecule has 2 atom stereocenters. The number of carbonyl (C=O) groups is 2. The molecule has 2 aliphatic rings. The highest BCUT2D eigenvalue weighted by Crippen LogP contribution is 2.42. The lowest BCUT2D eigenvalue weighted by Gasteiger charge is -2.45. The molecule has 3 rings (SSSR count). The number of amides is 1. The zero-order valence-electron chi connectivity index (χ0n) is 17.6. The van der Waals surface area contributed by atoms with Crippen molar-refractivity contribution in [3.63, 3.8) is 0 Å². The molecule has 1 amide bonds. The molecular formula is C23H28ClNO5. The normalized spacial score (nSPS) is 24.1. The number of carboxylic acid groups (broad SMARTS) is 1.